The van der Waals surface area contributed by atoms with E-state index in [1.54, 1.807) is 25.3 Å². The quantitative estimate of drug-likeness (QED) is 0.563. The summed E-state index contributed by atoms with van der Waals surface area (Å²) in [5.74, 6) is 1.72. The van der Waals surface area contributed by atoms with E-state index < -0.39 is 0 Å². The van der Waals surface area contributed by atoms with Gasteiger partial charge >= 0.3 is 0 Å². The molecule has 0 N–H and O–H groups in total. The van der Waals surface area contributed by atoms with Crippen LogP contribution in [0.5, 0.6) is 17.2 Å². The Balaban J connectivity index is 1.74. The number of Topliss-reactive ketones (excluding diaryl/α,β-unsaturated/α-hetero) is 2. The van der Waals surface area contributed by atoms with Gasteiger partial charge in [0.2, 0.25) is 5.78 Å². The molecule has 6 nitrogen and oxygen atoms in total. The van der Waals surface area contributed by atoms with Gasteiger partial charge in [0, 0.05) is 35.3 Å². The Hall–Kier alpha value is -3.54. The number of aromatic nitrogens is 1. The van der Waals surface area contributed by atoms with Crippen molar-refractivity contribution in [2.24, 2.45) is 0 Å². The lowest BCUT2D eigenvalue weighted by Crippen LogP contribution is -2.06. The smallest absolute Gasteiger partial charge is 0.232 e. The second-order valence-electron chi connectivity index (χ2n) is 7.30. The highest BCUT2D eigenvalue weighted by molar-refractivity contribution is 6.16. The van der Waals surface area contributed by atoms with Crippen LogP contribution in [0.25, 0.3) is 17.0 Å². The molecule has 0 amide bonds. The summed E-state index contributed by atoms with van der Waals surface area (Å²) in [4.78, 5) is 24.2. The number of fused-ring (bicyclic) bond motifs is 2. The van der Waals surface area contributed by atoms with Gasteiger partial charge in [-0.1, -0.05) is 0 Å². The predicted octanol–water partition coefficient (Wildman–Crippen LogP) is 4.56. The summed E-state index contributed by atoms with van der Waals surface area (Å²) < 4.78 is 18.9. The van der Waals surface area contributed by atoms with Crippen LogP contribution in [0.4, 0.5) is 0 Å². The zero-order chi connectivity index (χ0) is 21.4. The SMILES string of the molecule is CCn1cc(/C=C2\Oc3cc(OCC(C)=O)cc(C)c3C2=O)c2cc(OC)ccc21. The number of ketones is 2. The van der Waals surface area contributed by atoms with E-state index in [9.17, 15) is 9.59 Å². The fraction of sp³-hybridized carbons (Fsp3) is 0.250. The Morgan fingerprint density at radius 3 is 2.70 bits per heavy atom. The maximum Gasteiger partial charge on any atom is 0.232 e. The van der Waals surface area contributed by atoms with E-state index in [0.717, 1.165) is 34.3 Å². The monoisotopic (exact) mass is 405 g/mol. The second-order valence-corrected chi connectivity index (χ2v) is 7.30. The highest BCUT2D eigenvalue weighted by Crippen LogP contribution is 2.38. The number of benzene rings is 2. The Bertz CT molecular complexity index is 1200. The molecular formula is C24H23NO5. The van der Waals surface area contributed by atoms with Crippen molar-refractivity contribution in [1.82, 2.24) is 4.57 Å². The Kier molecular flexibility index (Phi) is 5.08. The van der Waals surface area contributed by atoms with Gasteiger partial charge in [0.15, 0.2) is 11.5 Å². The second kappa shape index (κ2) is 7.71. The number of rotatable bonds is 6. The van der Waals surface area contributed by atoms with Crippen LogP contribution in [-0.2, 0) is 11.3 Å². The first-order valence-electron chi connectivity index (χ1n) is 9.79. The molecule has 1 aliphatic heterocycles. The molecular weight excluding hydrogens is 382 g/mol. The molecule has 2 aromatic carbocycles. The van der Waals surface area contributed by atoms with Crippen molar-refractivity contribution in [2.45, 2.75) is 27.3 Å². The standard InChI is InChI=1S/C24H23NO5/c1-5-25-12-16(19-10-17(28-4)6-7-20(19)25)9-22-24(27)23-14(2)8-18(11-21(23)30-22)29-13-15(3)26/h6-12H,5,13H2,1-4H3/b22-9-. The minimum absolute atomic E-state index is 0.0206. The van der Waals surface area contributed by atoms with Gasteiger partial charge in [0.1, 0.15) is 23.9 Å². The van der Waals surface area contributed by atoms with Gasteiger partial charge in [-0.15, -0.1) is 0 Å². The number of hydrogen-bond donors (Lipinski definition) is 0. The van der Waals surface area contributed by atoms with Gasteiger partial charge in [-0.25, -0.2) is 0 Å². The van der Waals surface area contributed by atoms with Crippen molar-refractivity contribution in [3.05, 3.63) is 59.0 Å². The number of nitrogens with zero attached hydrogens (tertiary/aromatic N) is 1. The average molecular weight is 405 g/mol. The molecule has 2 heterocycles. The van der Waals surface area contributed by atoms with Gasteiger partial charge < -0.3 is 18.8 Å². The zero-order valence-electron chi connectivity index (χ0n) is 17.4. The molecule has 0 aliphatic carbocycles. The van der Waals surface area contributed by atoms with E-state index >= 15 is 0 Å². The summed E-state index contributed by atoms with van der Waals surface area (Å²) >= 11 is 0. The fourth-order valence-corrected chi connectivity index (χ4v) is 3.69. The number of methoxy groups -OCH3 is 1. The number of carbonyl (C=O) groups excluding carboxylic acids is 2. The van der Waals surface area contributed by atoms with E-state index in [2.05, 4.69) is 11.5 Å². The first-order chi connectivity index (χ1) is 14.4. The fourth-order valence-electron chi connectivity index (χ4n) is 3.69. The molecule has 0 saturated carbocycles. The van der Waals surface area contributed by atoms with E-state index in [1.165, 1.54) is 6.92 Å². The van der Waals surface area contributed by atoms with E-state index in [-0.39, 0.29) is 23.9 Å². The maximum atomic E-state index is 13.0. The zero-order valence-corrected chi connectivity index (χ0v) is 17.4. The summed E-state index contributed by atoms with van der Waals surface area (Å²) in [6, 6.07) is 9.29. The molecule has 6 heteroatoms. The third kappa shape index (κ3) is 3.45. The van der Waals surface area contributed by atoms with Crippen LogP contribution in [0.3, 0.4) is 0 Å². The van der Waals surface area contributed by atoms with E-state index in [1.807, 2.05) is 31.3 Å². The average Bonchev–Trinajstić information content (AvgIpc) is 3.23. The molecule has 0 bridgehead atoms. The molecule has 0 saturated heterocycles. The molecule has 0 fully saturated rings. The summed E-state index contributed by atoms with van der Waals surface area (Å²) in [5, 5.41) is 0.984. The van der Waals surface area contributed by atoms with Crippen molar-refractivity contribution >= 4 is 28.5 Å². The largest absolute Gasteiger partial charge is 0.497 e. The molecule has 0 radical (unpaired) electrons. The van der Waals surface area contributed by atoms with Gasteiger partial charge in [0.25, 0.3) is 0 Å². The van der Waals surface area contributed by atoms with Gasteiger partial charge in [-0.2, -0.15) is 0 Å². The first-order valence-corrected chi connectivity index (χ1v) is 9.79. The normalized spacial score (nSPS) is 14.1. The van der Waals surface area contributed by atoms with Gasteiger partial charge in [-0.3, -0.25) is 9.59 Å². The van der Waals surface area contributed by atoms with Crippen LogP contribution in [0.15, 0.2) is 42.3 Å². The van der Waals surface area contributed by atoms with Crippen molar-refractivity contribution < 1.29 is 23.8 Å². The molecule has 0 unspecified atom stereocenters. The maximum absolute atomic E-state index is 13.0. The summed E-state index contributed by atoms with van der Waals surface area (Å²) in [7, 11) is 1.63. The molecule has 4 rings (SSSR count). The van der Waals surface area contributed by atoms with Crippen molar-refractivity contribution in [3.63, 3.8) is 0 Å². The highest BCUT2D eigenvalue weighted by atomic mass is 16.5. The molecule has 154 valence electrons. The third-order valence-corrected chi connectivity index (χ3v) is 5.13. The van der Waals surface area contributed by atoms with Crippen LogP contribution >= 0.6 is 0 Å². The summed E-state index contributed by atoms with van der Waals surface area (Å²) in [6.07, 6.45) is 3.77. The Morgan fingerprint density at radius 2 is 2.00 bits per heavy atom. The van der Waals surface area contributed by atoms with Crippen molar-refractivity contribution in [3.8, 4) is 17.2 Å². The van der Waals surface area contributed by atoms with Crippen molar-refractivity contribution in [1.29, 1.82) is 0 Å². The van der Waals surface area contributed by atoms with Crippen LogP contribution in [0, 0.1) is 6.92 Å². The minimum atomic E-state index is -0.166. The molecule has 0 spiro atoms. The number of allylic oxidation sites excluding steroid dienone is 1. The molecule has 3 aromatic rings. The predicted molar refractivity (Wildman–Crippen MR) is 114 cm³/mol. The Morgan fingerprint density at radius 1 is 1.20 bits per heavy atom. The summed E-state index contributed by atoms with van der Waals surface area (Å²) in [5.41, 5.74) is 3.21. The summed E-state index contributed by atoms with van der Waals surface area (Å²) in [6.45, 7) is 6.14. The van der Waals surface area contributed by atoms with Crippen LogP contribution < -0.4 is 14.2 Å². The minimum Gasteiger partial charge on any atom is -0.497 e. The molecule has 1 aromatic heterocycles. The van der Waals surface area contributed by atoms with Gasteiger partial charge in [0.05, 0.1) is 12.7 Å². The van der Waals surface area contributed by atoms with E-state index in [4.69, 9.17) is 14.2 Å². The third-order valence-electron chi connectivity index (χ3n) is 5.13. The lowest BCUT2D eigenvalue weighted by molar-refractivity contribution is -0.118. The van der Waals surface area contributed by atoms with Crippen molar-refractivity contribution in [2.75, 3.05) is 13.7 Å². The number of hydrogen-bond acceptors (Lipinski definition) is 5. The molecule has 1 aliphatic rings. The van der Waals surface area contributed by atoms with Crippen LogP contribution in [0.1, 0.15) is 35.3 Å². The number of carbonyl (C=O) groups is 2. The van der Waals surface area contributed by atoms with Gasteiger partial charge in [-0.05, 0) is 56.7 Å². The van der Waals surface area contributed by atoms with Crippen LogP contribution in [0.2, 0.25) is 0 Å². The lowest BCUT2D eigenvalue weighted by atomic mass is 10.0. The number of aryl methyl sites for hydroxylation is 2. The topological polar surface area (TPSA) is 66.8 Å². The Labute approximate surface area is 174 Å². The highest BCUT2D eigenvalue weighted by Gasteiger charge is 2.30. The molecule has 0 atom stereocenters. The number of ether oxygens (including phenoxy) is 3. The first kappa shape index (κ1) is 19.8. The lowest BCUT2D eigenvalue weighted by Gasteiger charge is -2.07. The van der Waals surface area contributed by atoms with Crippen LogP contribution in [-0.4, -0.2) is 29.9 Å². The molecule has 30 heavy (non-hydrogen) atoms. The van der Waals surface area contributed by atoms with E-state index in [0.29, 0.717) is 17.1 Å².